The Bertz CT molecular complexity index is 773. The predicted octanol–water partition coefficient (Wildman–Crippen LogP) is 2.00. The lowest BCUT2D eigenvalue weighted by Gasteiger charge is -2.31. The van der Waals surface area contributed by atoms with Crippen LogP contribution in [0.25, 0.3) is 0 Å². The van der Waals surface area contributed by atoms with Crippen molar-refractivity contribution in [2.24, 2.45) is 0 Å². The number of hydrogen-bond donors (Lipinski definition) is 1. The van der Waals surface area contributed by atoms with Crippen LogP contribution in [0.15, 0.2) is 18.2 Å². The highest BCUT2D eigenvalue weighted by Gasteiger charge is 2.29. The molecule has 1 aromatic carbocycles. The number of nitrogens with zero attached hydrogens (tertiary/aromatic N) is 3. The first-order valence-corrected chi connectivity index (χ1v) is 8.76. The monoisotopic (exact) mass is 342 g/mol. The Hall–Kier alpha value is -2.25. The van der Waals surface area contributed by atoms with Crippen LogP contribution in [-0.4, -0.2) is 45.7 Å². The Labute approximate surface area is 146 Å². The van der Waals surface area contributed by atoms with Gasteiger partial charge in [0.15, 0.2) is 5.82 Å². The maximum atomic E-state index is 12.9. The molecule has 1 amide bonds. The number of amides is 1. The van der Waals surface area contributed by atoms with Crippen molar-refractivity contribution in [2.45, 2.75) is 39.1 Å². The number of benzene rings is 1. The molecular weight excluding hydrogens is 320 g/mol. The number of morpholine rings is 1. The third-order valence-electron chi connectivity index (χ3n) is 4.65. The molecule has 1 fully saturated rings. The van der Waals surface area contributed by atoms with Crippen molar-refractivity contribution >= 4 is 5.91 Å². The van der Waals surface area contributed by atoms with Crippen LogP contribution in [0.5, 0.6) is 0 Å². The predicted molar refractivity (Wildman–Crippen MR) is 89.9 cm³/mol. The summed E-state index contributed by atoms with van der Waals surface area (Å²) in [5.74, 6) is 1.51. The number of carbonyl (C=O) groups is 1. The van der Waals surface area contributed by atoms with Crippen molar-refractivity contribution in [3.8, 4) is 0 Å². The molecule has 1 N–H and O–H groups in total. The van der Waals surface area contributed by atoms with Gasteiger partial charge >= 0.3 is 0 Å². The smallest absolute Gasteiger partial charge is 0.254 e. The van der Waals surface area contributed by atoms with Gasteiger partial charge in [0.1, 0.15) is 11.9 Å². The highest BCUT2D eigenvalue weighted by molar-refractivity contribution is 5.94. The second-order valence-corrected chi connectivity index (χ2v) is 6.48. The number of aryl methyl sites for hydroxylation is 1. The second-order valence-electron chi connectivity index (χ2n) is 6.48. The Morgan fingerprint density at radius 2 is 2.24 bits per heavy atom. The van der Waals surface area contributed by atoms with E-state index in [1.165, 1.54) is 5.56 Å². The van der Waals surface area contributed by atoms with Gasteiger partial charge < -0.3 is 14.4 Å². The van der Waals surface area contributed by atoms with Crippen molar-refractivity contribution in [3.05, 3.63) is 46.5 Å². The fourth-order valence-corrected chi connectivity index (χ4v) is 3.28. The van der Waals surface area contributed by atoms with Crippen LogP contribution in [-0.2, 0) is 29.1 Å². The van der Waals surface area contributed by atoms with Crippen molar-refractivity contribution in [1.29, 1.82) is 0 Å². The molecule has 0 bridgehead atoms. The van der Waals surface area contributed by atoms with Crippen LogP contribution in [0.1, 0.15) is 52.6 Å². The maximum Gasteiger partial charge on any atom is 0.254 e. The summed E-state index contributed by atoms with van der Waals surface area (Å²) >= 11 is 0. The van der Waals surface area contributed by atoms with Crippen LogP contribution in [0, 0.1) is 0 Å². The van der Waals surface area contributed by atoms with E-state index in [4.69, 9.17) is 9.47 Å². The molecule has 0 saturated carbocycles. The summed E-state index contributed by atoms with van der Waals surface area (Å²) in [5.41, 5.74) is 2.97. The van der Waals surface area contributed by atoms with Crippen molar-refractivity contribution in [1.82, 2.24) is 20.1 Å². The molecule has 1 saturated heterocycles. The molecule has 0 spiro atoms. The number of aromatic nitrogens is 3. The number of H-pyrrole nitrogens is 1. The lowest BCUT2D eigenvalue weighted by atomic mass is 10.1. The van der Waals surface area contributed by atoms with E-state index in [-0.39, 0.29) is 12.0 Å². The van der Waals surface area contributed by atoms with Gasteiger partial charge in [0.25, 0.3) is 5.91 Å². The number of ether oxygens (including phenoxy) is 2. The summed E-state index contributed by atoms with van der Waals surface area (Å²) in [7, 11) is 0. The first-order chi connectivity index (χ1) is 12.2. The Morgan fingerprint density at radius 3 is 3.12 bits per heavy atom. The van der Waals surface area contributed by atoms with Gasteiger partial charge in [0, 0.05) is 18.5 Å². The number of aromatic amines is 1. The van der Waals surface area contributed by atoms with Crippen LogP contribution < -0.4 is 0 Å². The van der Waals surface area contributed by atoms with Gasteiger partial charge in [-0.1, -0.05) is 13.0 Å². The number of hydrogen-bond acceptors (Lipinski definition) is 5. The minimum Gasteiger partial charge on any atom is -0.372 e. The van der Waals surface area contributed by atoms with Gasteiger partial charge in [-0.2, -0.15) is 5.10 Å². The third kappa shape index (κ3) is 3.29. The van der Waals surface area contributed by atoms with Crippen molar-refractivity contribution in [2.75, 3.05) is 19.7 Å². The molecule has 0 unspecified atom stereocenters. The SMILES string of the molecule is CCCc1nc([C@@H]2CN(C(=O)c3ccc4c(c3)COC4)CCO2)n[nH]1. The average molecular weight is 342 g/mol. The molecule has 3 heterocycles. The quantitative estimate of drug-likeness (QED) is 0.919. The van der Waals surface area contributed by atoms with Gasteiger partial charge in [-0.3, -0.25) is 9.89 Å². The minimum atomic E-state index is -0.280. The van der Waals surface area contributed by atoms with Crippen LogP contribution in [0.3, 0.4) is 0 Å². The minimum absolute atomic E-state index is 0.0207. The molecule has 0 aliphatic carbocycles. The molecular formula is C18H22N4O3. The van der Waals surface area contributed by atoms with E-state index in [1.54, 1.807) is 0 Å². The van der Waals surface area contributed by atoms with E-state index in [2.05, 4.69) is 22.1 Å². The normalized spacial score (nSPS) is 19.9. The Kier molecular flexibility index (Phi) is 4.50. The van der Waals surface area contributed by atoms with E-state index in [0.717, 1.165) is 24.2 Å². The molecule has 2 aliphatic heterocycles. The lowest BCUT2D eigenvalue weighted by molar-refractivity contribution is -0.0266. The zero-order valence-corrected chi connectivity index (χ0v) is 14.3. The van der Waals surface area contributed by atoms with Gasteiger partial charge in [-0.15, -0.1) is 0 Å². The molecule has 25 heavy (non-hydrogen) atoms. The second kappa shape index (κ2) is 6.93. The summed E-state index contributed by atoms with van der Waals surface area (Å²) in [4.78, 5) is 19.2. The molecule has 132 valence electrons. The molecule has 1 aromatic heterocycles. The highest BCUT2D eigenvalue weighted by Crippen LogP contribution is 2.24. The van der Waals surface area contributed by atoms with Crippen LogP contribution in [0.2, 0.25) is 0 Å². The van der Waals surface area contributed by atoms with Crippen LogP contribution in [0.4, 0.5) is 0 Å². The molecule has 2 aromatic rings. The summed E-state index contributed by atoms with van der Waals surface area (Å²) in [5, 5.41) is 7.21. The average Bonchev–Trinajstić information content (AvgIpc) is 3.30. The zero-order chi connectivity index (χ0) is 17.2. The fraction of sp³-hybridized carbons (Fsp3) is 0.500. The number of nitrogens with one attached hydrogen (secondary N) is 1. The van der Waals surface area contributed by atoms with Crippen molar-refractivity contribution < 1.29 is 14.3 Å². The largest absolute Gasteiger partial charge is 0.372 e. The maximum absolute atomic E-state index is 12.9. The summed E-state index contributed by atoms with van der Waals surface area (Å²) in [6.07, 6.45) is 1.59. The molecule has 7 heteroatoms. The first kappa shape index (κ1) is 16.2. The number of carbonyl (C=O) groups excluding carboxylic acids is 1. The lowest BCUT2D eigenvalue weighted by Crippen LogP contribution is -2.42. The van der Waals surface area contributed by atoms with E-state index in [1.807, 2.05) is 23.1 Å². The topological polar surface area (TPSA) is 80.3 Å². The van der Waals surface area contributed by atoms with Gasteiger partial charge in [0.2, 0.25) is 0 Å². The fourth-order valence-electron chi connectivity index (χ4n) is 3.28. The van der Waals surface area contributed by atoms with E-state index < -0.39 is 0 Å². The number of rotatable bonds is 4. The molecule has 7 nitrogen and oxygen atoms in total. The molecule has 1 atom stereocenters. The standard InChI is InChI=1S/C18H22N4O3/c1-2-3-16-19-17(21-20-16)15-9-22(6-7-25-15)18(23)12-4-5-13-10-24-11-14(13)8-12/h4-5,8,15H,2-3,6-7,9-11H2,1H3,(H,19,20,21)/t15-/m0/s1. The Morgan fingerprint density at radius 1 is 1.36 bits per heavy atom. The van der Waals surface area contributed by atoms with Crippen molar-refractivity contribution in [3.63, 3.8) is 0 Å². The molecule has 0 radical (unpaired) electrons. The Balaban J connectivity index is 1.47. The third-order valence-corrected chi connectivity index (χ3v) is 4.65. The van der Waals surface area contributed by atoms with E-state index >= 15 is 0 Å². The highest BCUT2D eigenvalue weighted by atomic mass is 16.5. The summed E-state index contributed by atoms with van der Waals surface area (Å²) in [6, 6.07) is 5.81. The molecule has 4 rings (SSSR count). The first-order valence-electron chi connectivity index (χ1n) is 8.76. The van der Waals surface area contributed by atoms with E-state index in [9.17, 15) is 4.79 Å². The summed E-state index contributed by atoms with van der Waals surface area (Å²) < 4.78 is 11.2. The van der Waals surface area contributed by atoms with E-state index in [0.29, 0.717) is 44.3 Å². The van der Waals surface area contributed by atoms with Gasteiger partial charge in [0.05, 0.1) is 26.4 Å². The number of fused-ring (bicyclic) bond motifs is 1. The zero-order valence-electron chi connectivity index (χ0n) is 14.3. The molecule has 2 aliphatic rings. The van der Waals surface area contributed by atoms with Gasteiger partial charge in [-0.25, -0.2) is 4.98 Å². The van der Waals surface area contributed by atoms with Crippen LogP contribution >= 0.6 is 0 Å². The van der Waals surface area contributed by atoms with Gasteiger partial charge in [-0.05, 0) is 29.7 Å². The summed E-state index contributed by atoms with van der Waals surface area (Å²) in [6.45, 7) is 4.85.